The van der Waals surface area contributed by atoms with E-state index in [-0.39, 0.29) is 28.1 Å². The summed E-state index contributed by atoms with van der Waals surface area (Å²) in [4.78, 5) is 17.0. The fourth-order valence-electron chi connectivity index (χ4n) is 3.27. The Morgan fingerprint density at radius 1 is 1.10 bits per heavy atom. The Kier molecular flexibility index (Phi) is 6.73. The van der Waals surface area contributed by atoms with Crippen LogP contribution in [0, 0.1) is 33.5 Å². The van der Waals surface area contributed by atoms with Gasteiger partial charge >= 0.3 is 0 Å². The molecule has 1 N–H and O–H groups in total. The highest BCUT2D eigenvalue weighted by molar-refractivity contribution is 6.30. The molecule has 0 radical (unpaired) electrons. The quantitative estimate of drug-likeness (QED) is 0.501. The highest BCUT2D eigenvalue weighted by Gasteiger charge is 2.20. The summed E-state index contributed by atoms with van der Waals surface area (Å²) in [6, 6.07) is 11.1. The van der Waals surface area contributed by atoms with Crippen LogP contribution >= 0.6 is 11.6 Å². The molecule has 1 amide bonds. The number of benzene rings is 2. The van der Waals surface area contributed by atoms with Crippen LogP contribution in [-0.2, 0) is 6.42 Å². The molecular formula is C24H24ClFN2O2. The van der Waals surface area contributed by atoms with Crippen molar-refractivity contribution < 1.29 is 13.9 Å². The minimum atomic E-state index is -0.480. The number of carbonyl (C=O) groups excluding carboxylic acids is 1. The number of rotatable bonds is 6. The normalized spacial score (nSPS) is 10.7. The Labute approximate surface area is 181 Å². The van der Waals surface area contributed by atoms with E-state index in [1.54, 1.807) is 26.0 Å². The number of nitrogens with zero attached hydrogens (tertiary/aromatic N) is 1. The molecule has 3 rings (SSSR count). The van der Waals surface area contributed by atoms with Gasteiger partial charge in [0.1, 0.15) is 5.15 Å². The molecule has 0 unspecified atom stereocenters. The lowest BCUT2D eigenvalue weighted by atomic mass is 10.0. The molecule has 0 aliphatic heterocycles. The van der Waals surface area contributed by atoms with Crippen molar-refractivity contribution in [2.75, 3.05) is 6.54 Å². The molecule has 0 atom stereocenters. The molecular weight excluding hydrogens is 403 g/mol. The molecule has 3 aromatic rings. The van der Waals surface area contributed by atoms with Gasteiger partial charge in [0.2, 0.25) is 0 Å². The molecule has 30 heavy (non-hydrogen) atoms. The van der Waals surface area contributed by atoms with Crippen molar-refractivity contribution in [1.29, 1.82) is 0 Å². The highest BCUT2D eigenvalue weighted by atomic mass is 35.5. The lowest BCUT2D eigenvalue weighted by Crippen LogP contribution is -2.27. The number of amides is 1. The van der Waals surface area contributed by atoms with E-state index in [4.69, 9.17) is 16.3 Å². The van der Waals surface area contributed by atoms with Gasteiger partial charge in [-0.05, 0) is 56.9 Å². The van der Waals surface area contributed by atoms with Gasteiger partial charge in [0.05, 0.1) is 11.8 Å². The van der Waals surface area contributed by atoms with Crippen molar-refractivity contribution in [2.45, 2.75) is 34.1 Å². The second-order valence-electron chi connectivity index (χ2n) is 7.34. The van der Waals surface area contributed by atoms with Gasteiger partial charge in [-0.3, -0.25) is 4.79 Å². The van der Waals surface area contributed by atoms with E-state index in [0.717, 1.165) is 0 Å². The molecule has 1 heterocycles. The predicted octanol–water partition coefficient (Wildman–Crippen LogP) is 5.87. The zero-order valence-corrected chi connectivity index (χ0v) is 18.2. The first kappa shape index (κ1) is 21.8. The summed E-state index contributed by atoms with van der Waals surface area (Å²) in [6.07, 6.45) is 2.04. The second kappa shape index (κ2) is 9.26. The number of pyridine rings is 1. The van der Waals surface area contributed by atoms with Gasteiger partial charge in [-0.2, -0.15) is 0 Å². The maximum atomic E-state index is 14.4. The Morgan fingerprint density at radius 3 is 2.60 bits per heavy atom. The molecule has 0 aliphatic carbocycles. The van der Waals surface area contributed by atoms with Crippen LogP contribution in [0.25, 0.3) is 0 Å². The van der Waals surface area contributed by atoms with Gasteiger partial charge < -0.3 is 10.1 Å². The first-order chi connectivity index (χ1) is 14.3. The van der Waals surface area contributed by atoms with E-state index in [1.807, 2.05) is 6.92 Å². The summed E-state index contributed by atoms with van der Waals surface area (Å²) in [5, 5.41) is 3.11. The second-order valence-corrected chi connectivity index (χ2v) is 7.70. The van der Waals surface area contributed by atoms with Crippen LogP contribution in [0.5, 0.6) is 11.5 Å². The molecule has 0 saturated carbocycles. The number of aryl methyl sites for hydroxylation is 3. The topological polar surface area (TPSA) is 51.2 Å². The number of ether oxygens (including phenoxy) is 1. The van der Waals surface area contributed by atoms with Crippen LogP contribution in [-0.4, -0.2) is 17.4 Å². The molecule has 1 aromatic heterocycles. The van der Waals surface area contributed by atoms with E-state index in [9.17, 15) is 9.18 Å². The Balaban J connectivity index is 1.80. The van der Waals surface area contributed by atoms with Crippen molar-refractivity contribution in [3.63, 3.8) is 0 Å². The van der Waals surface area contributed by atoms with Gasteiger partial charge in [-0.25, -0.2) is 9.37 Å². The molecule has 2 aromatic carbocycles. The molecule has 6 heteroatoms. The summed E-state index contributed by atoms with van der Waals surface area (Å²) in [5.41, 5.74) is 4.73. The molecule has 156 valence electrons. The van der Waals surface area contributed by atoms with Gasteiger partial charge in [-0.15, -0.1) is 0 Å². The Bertz CT molecular complexity index is 1100. The van der Waals surface area contributed by atoms with E-state index in [2.05, 4.69) is 35.4 Å². The number of hydrogen-bond donors (Lipinski definition) is 1. The van der Waals surface area contributed by atoms with Crippen LogP contribution in [0.4, 0.5) is 4.39 Å². The van der Waals surface area contributed by atoms with Gasteiger partial charge in [0.25, 0.3) is 5.91 Å². The SMILES string of the molecule is Cc1ccc(CCNC(=O)c2c(Oc3cccc(C)c3F)cnc(Cl)c2C)c(C)c1. The van der Waals surface area contributed by atoms with Crippen molar-refractivity contribution >= 4 is 17.5 Å². The fourth-order valence-corrected chi connectivity index (χ4v) is 3.41. The average molecular weight is 427 g/mol. The first-order valence-corrected chi connectivity index (χ1v) is 10.1. The summed E-state index contributed by atoms with van der Waals surface area (Å²) < 4.78 is 20.1. The van der Waals surface area contributed by atoms with Crippen molar-refractivity contribution in [2.24, 2.45) is 0 Å². The van der Waals surface area contributed by atoms with Gasteiger partial charge in [-0.1, -0.05) is 47.5 Å². The summed E-state index contributed by atoms with van der Waals surface area (Å²) >= 11 is 6.13. The van der Waals surface area contributed by atoms with E-state index in [0.29, 0.717) is 24.1 Å². The predicted molar refractivity (Wildman–Crippen MR) is 117 cm³/mol. The number of hydrogen-bond acceptors (Lipinski definition) is 3. The fraction of sp³-hybridized carbons (Fsp3) is 0.250. The van der Waals surface area contributed by atoms with E-state index >= 15 is 0 Å². The third-order valence-corrected chi connectivity index (χ3v) is 5.39. The van der Waals surface area contributed by atoms with Crippen LogP contribution < -0.4 is 10.1 Å². The van der Waals surface area contributed by atoms with Crippen molar-refractivity contribution in [3.8, 4) is 11.5 Å². The molecule has 0 bridgehead atoms. The molecule has 0 fully saturated rings. The first-order valence-electron chi connectivity index (χ1n) is 9.70. The standard InChI is InChI=1S/C24H24ClFN2O2/c1-14-8-9-18(16(3)12-14)10-11-27-24(29)21-17(4)23(25)28-13-20(21)30-19-7-5-6-15(2)22(19)26/h5-9,12-13H,10-11H2,1-4H3,(H,27,29). The summed E-state index contributed by atoms with van der Waals surface area (Å²) in [6.45, 7) is 7.88. The smallest absolute Gasteiger partial charge is 0.255 e. The largest absolute Gasteiger partial charge is 0.452 e. The van der Waals surface area contributed by atoms with Crippen molar-refractivity contribution in [3.05, 3.63) is 86.9 Å². The van der Waals surface area contributed by atoms with E-state index in [1.165, 1.54) is 29.0 Å². The van der Waals surface area contributed by atoms with Gasteiger partial charge in [0, 0.05) is 12.1 Å². The summed E-state index contributed by atoms with van der Waals surface area (Å²) in [5.74, 6) is -0.635. The zero-order chi connectivity index (χ0) is 21.8. The third kappa shape index (κ3) is 4.79. The molecule has 0 spiro atoms. The maximum Gasteiger partial charge on any atom is 0.255 e. The Morgan fingerprint density at radius 2 is 1.87 bits per heavy atom. The number of carbonyl (C=O) groups is 1. The lowest BCUT2D eigenvalue weighted by molar-refractivity contribution is 0.0951. The van der Waals surface area contributed by atoms with Crippen LogP contribution in [0.3, 0.4) is 0 Å². The van der Waals surface area contributed by atoms with Crippen molar-refractivity contribution in [1.82, 2.24) is 10.3 Å². The lowest BCUT2D eigenvalue weighted by Gasteiger charge is -2.15. The average Bonchev–Trinajstić information content (AvgIpc) is 2.70. The van der Waals surface area contributed by atoms with Crippen LogP contribution in [0.1, 0.15) is 38.2 Å². The minimum absolute atomic E-state index is 0.0304. The van der Waals surface area contributed by atoms with E-state index < -0.39 is 5.82 Å². The third-order valence-electron chi connectivity index (χ3n) is 5.01. The van der Waals surface area contributed by atoms with Crippen LogP contribution in [0.2, 0.25) is 5.15 Å². The zero-order valence-electron chi connectivity index (χ0n) is 17.5. The Hall–Kier alpha value is -2.92. The number of aromatic nitrogens is 1. The van der Waals surface area contributed by atoms with Crippen LogP contribution in [0.15, 0.2) is 42.6 Å². The van der Waals surface area contributed by atoms with Gasteiger partial charge in [0.15, 0.2) is 17.3 Å². The minimum Gasteiger partial charge on any atom is -0.452 e. The molecule has 0 saturated heterocycles. The maximum absolute atomic E-state index is 14.4. The highest BCUT2D eigenvalue weighted by Crippen LogP contribution is 2.32. The molecule has 4 nitrogen and oxygen atoms in total. The monoisotopic (exact) mass is 426 g/mol. The number of nitrogens with one attached hydrogen (secondary N) is 1. The number of halogens is 2. The summed E-state index contributed by atoms with van der Waals surface area (Å²) in [7, 11) is 0. The molecule has 0 aliphatic rings.